The molecule has 0 unspecified atom stereocenters. The Morgan fingerprint density at radius 2 is 1.70 bits per heavy atom. The highest BCUT2D eigenvalue weighted by Gasteiger charge is 2.32. The average Bonchev–Trinajstić information content (AvgIpc) is 2.35. The van der Waals surface area contributed by atoms with Crippen molar-refractivity contribution >= 4 is 15.9 Å². The van der Waals surface area contributed by atoms with Crippen molar-refractivity contribution in [2.75, 3.05) is 32.7 Å². The topological polar surface area (TPSA) is 26.7 Å². The highest BCUT2D eigenvalue weighted by Crippen LogP contribution is 2.25. The first-order valence-electron chi connectivity index (χ1n) is 6.32. The molecule has 0 saturated carbocycles. The lowest BCUT2D eigenvalue weighted by atomic mass is 10.2. The number of hydrogen-bond acceptors (Lipinski definition) is 3. The summed E-state index contributed by atoms with van der Waals surface area (Å²) >= 11 is 3.25. The van der Waals surface area contributed by atoms with Crippen molar-refractivity contribution in [3.8, 4) is 5.75 Å². The normalized spacial score (nSPS) is 18.4. The fourth-order valence-electron chi connectivity index (χ4n) is 2.27. The van der Waals surface area contributed by atoms with Crippen LogP contribution in [0.5, 0.6) is 5.75 Å². The zero-order valence-corrected chi connectivity index (χ0v) is 12.4. The minimum atomic E-state index is -4.12. The molecule has 2 rings (SSSR count). The van der Waals surface area contributed by atoms with Gasteiger partial charge in [0.05, 0.1) is 11.0 Å². The summed E-state index contributed by atoms with van der Waals surface area (Å²) in [5.74, 6) is 0.184. The van der Waals surface area contributed by atoms with Gasteiger partial charge in [0, 0.05) is 32.7 Å². The van der Waals surface area contributed by atoms with Crippen LogP contribution in [0.2, 0.25) is 0 Å². The van der Waals surface area contributed by atoms with Crippen LogP contribution in [0.15, 0.2) is 22.7 Å². The number of alkyl halides is 3. The van der Waals surface area contributed by atoms with E-state index in [9.17, 15) is 18.3 Å². The van der Waals surface area contributed by atoms with E-state index in [0.29, 0.717) is 37.2 Å². The molecule has 0 spiro atoms. The molecule has 1 aromatic carbocycles. The molecule has 0 atom stereocenters. The van der Waals surface area contributed by atoms with Gasteiger partial charge in [-0.15, -0.1) is 0 Å². The quantitative estimate of drug-likeness (QED) is 0.906. The van der Waals surface area contributed by atoms with Crippen molar-refractivity contribution in [3.63, 3.8) is 0 Å². The predicted molar refractivity (Wildman–Crippen MR) is 73.6 cm³/mol. The molecule has 1 aliphatic rings. The number of aromatic hydroxyl groups is 1. The van der Waals surface area contributed by atoms with Crippen molar-refractivity contribution in [1.29, 1.82) is 0 Å². The van der Waals surface area contributed by atoms with Gasteiger partial charge in [-0.2, -0.15) is 13.2 Å². The summed E-state index contributed by atoms with van der Waals surface area (Å²) in [6.07, 6.45) is -4.12. The molecule has 0 radical (unpaired) electrons. The number of piperazine rings is 1. The Morgan fingerprint density at radius 1 is 1.10 bits per heavy atom. The standard InChI is InChI=1S/C13H16BrF3N2O/c14-11-7-10(1-2-12(11)20)8-18-3-5-19(6-4-18)9-13(15,16)17/h1-2,7,20H,3-6,8-9H2. The van der Waals surface area contributed by atoms with Gasteiger partial charge in [-0.25, -0.2) is 0 Å². The third-order valence-corrected chi connectivity index (χ3v) is 3.92. The third kappa shape index (κ3) is 4.64. The largest absolute Gasteiger partial charge is 0.507 e. The van der Waals surface area contributed by atoms with E-state index in [0.717, 1.165) is 5.56 Å². The van der Waals surface area contributed by atoms with Crippen LogP contribution in [0.4, 0.5) is 13.2 Å². The number of nitrogens with zero attached hydrogens (tertiary/aromatic N) is 2. The van der Waals surface area contributed by atoms with Gasteiger partial charge in [0.25, 0.3) is 0 Å². The van der Waals surface area contributed by atoms with E-state index in [1.165, 1.54) is 4.90 Å². The van der Waals surface area contributed by atoms with Crippen LogP contribution in [-0.4, -0.2) is 53.8 Å². The molecule has 1 fully saturated rings. The van der Waals surface area contributed by atoms with Crippen molar-refractivity contribution in [1.82, 2.24) is 9.80 Å². The summed E-state index contributed by atoms with van der Waals surface area (Å²) in [4.78, 5) is 3.55. The molecule has 3 nitrogen and oxygen atoms in total. The lowest BCUT2D eigenvalue weighted by Crippen LogP contribution is -2.48. The molecular formula is C13H16BrF3N2O. The number of halogens is 4. The predicted octanol–water partition coefficient (Wildman–Crippen LogP) is 2.83. The number of phenols is 1. The fourth-order valence-corrected chi connectivity index (χ4v) is 2.69. The van der Waals surface area contributed by atoms with E-state index in [1.807, 2.05) is 12.1 Å². The van der Waals surface area contributed by atoms with E-state index in [-0.39, 0.29) is 5.75 Å². The zero-order chi connectivity index (χ0) is 14.8. The first kappa shape index (κ1) is 15.6. The molecule has 0 aromatic heterocycles. The summed E-state index contributed by atoms with van der Waals surface area (Å²) in [6, 6.07) is 5.26. The first-order valence-corrected chi connectivity index (χ1v) is 7.12. The van der Waals surface area contributed by atoms with Crippen LogP contribution in [0, 0.1) is 0 Å². The lowest BCUT2D eigenvalue weighted by molar-refractivity contribution is -0.149. The lowest BCUT2D eigenvalue weighted by Gasteiger charge is -2.35. The Balaban J connectivity index is 1.83. The molecule has 1 aromatic rings. The Bertz CT molecular complexity index is 459. The monoisotopic (exact) mass is 352 g/mol. The van der Waals surface area contributed by atoms with Gasteiger partial charge in [0.1, 0.15) is 5.75 Å². The van der Waals surface area contributed by atoms with Gasteiger partial charge in [-0.3, -0.25) is 9.80 Å². The minimum absolute atomic E-state index is 0.184. The summed E-state index contributed by atoms with van der Waals surface area (Å²) in [5.41, 5.74) is 1.03. The molecule has 1 saturated heterocycles. The van der Waals surface area contributed by atoms with Crippen molar-refractivity contribution < 1.29 is 18.3 Å². The Kier molecular flexibility index (Phi) is 4.93. The van der Waals surface area contributed by atoms with E-state index in [4.69, 9.17) is 0 Å². The molecule has 112 valence electrons. The molecule has 1 aliphatic heterocycles. The molecular weight excluding hydrogens is 337 g/mol. The van der Waals surface area contributed by atoms with Gasteiger partial charge in [0.15, 0.2) is 0 Å². The number of phenolic OH excluding ortho intramolecular Hbond substituents is 1. The minimum Gasteiger partial charge on any atom is -0.507 e. The molecule has 0 aliphatic carbocycles. The average molecular weight is 353 g/mol. The maximum Gasteiger partial charge on any atom is 0.401 e. The van der Waals surface area contributed by atoms with Crippen LogP contribution in [0.3, 0.4) is 0 Å². The van der Waals surface area contributed by atoms with Crippen LogP contribution < -0.4 is 0 Å². The molecule has 0 bridgehead atoms. The van der Waals surface area contributed by atoms with Crippen molar-refractivity contribution in [2.24, 2.45) is 0 Å². The van der Waals surface area contributed by atoms with Gasteiger partial charge < -0.3 is 5.11 Å². The van der Waals surface area contributed by atoms with Crippen molar-refractivity contribution in [2.45, 2.75) is 12.7 Å². The Morgan fingerprint density at radius 3 is 2.25 bits per heavy atom. The Labute approximate surface area is 124 Å². The zero-order valence-electron chi connectivity index (χ0n) is 10.8. The van der Waals surface area contributed by atoms with E-state index in [1.54, 1.807) is 6.07 Å². The van der Waals surface area contributed by atoms with Crippen LogP contribution in [-0.2, 0) is 6.54 Å². The van der Waals surface area contributed by atoms with Gasteiger partial charge in [-0.1, -0.05) is 6.07 Å². The maximum atomic E-state index is 12.3. The van der Waals surface area contributed by atoms with Gasteiger partial charge in [0.2, 0.25) is 0 Å². The highest BCUT2D eigenvalue weighted by molar-refractivity contribution is 9.10. The summed E-state index contributed by atoms with van der Waals surface area (Å²) < 4.78 is 37.5. The molecule has 1 heterocycles. The van der Waals surface area contributed by atoms with E-state index < -0.39 is 12.7 Å². The highest BCUT2D eigenvalue weighted by atomic mass is 79.9. The van der Waals surface area contributed by atoms with Gasteiger partial charge in [-0.05, 0) is 33.6 Å². The summed E-state index contributed by atoms with van der Waals surface area (Å²) in [6.45, 7) is 1.95. The second-order valence-corrected chi connectivity index (χ2v) is 5.81. The molecule has 1 N–H and O–H groups in total. The van der Waals surface area contributed by atoms with Crippen molar-refractivity contribution in [3.05, 3.63) is 28.2 Å². The first-order chi connectivity index (χ1) is 9.33. The third-order valence-electron chi connectivity index (χ3n) is 3.29. The molecule has 0 amide bonds. The summed E-state index contributed by atoms with van der Waals surface area (Å²) in [7, 11) is 0. The Hall–Kier alpha value is -0.790. The number of rotatable bonds is 3. The molecule has 7 heteroatoms. The van der Waals surface area contributed by atoms with E-state index in [2.05, 4.69) is 20.8 Å². The number of hydrogen-bond donors (Lipinski definition) is 1. The van der Waals surface area contributed by atoms with Crippen LogP contribution in [0.1, 0.15) is 5.56 Å². The SMILES string of the molecule is Oc1ccc(CN2CCN(CC(F)(F)F)CC2)cc1Br. The second kappa shape index (κ2) is 6.32. The second-order valence-electron chi connectivity index (χ2n) is 4.95. The van der Waals surface area contributed by atoms with Crippen LogP contribution in [0.25, 0.3) is 0 Å². The smallest absolute Gasteiger partial charge is 0.401 e. The summed E-state index contributed by atoms with van der Waals surface area (Å²) in [5, 5.41) is 9.42. The number of benzene rings is 1. The van der Waals surface area contributed by atoms with Crippen LogP contribution >= 0.6 is 15.9 Å². The molecule has 20 heavy (non-hydrogen) atoms. The van der Waals surface area contributed by atoms with Gasteiger partial charge >= 0.3 is 6.18 Å². The van der Waals surface area contributed by atoms with E-state index >= 15 is 0 Å². The fraction of sp³-hybridized carbons (Fsp3) is 0.538. The maximum absolute atomic E-state index is 12.3.